The summed E-state index contributed by atoms with van der Waals surface area (Å²) in [6.07, 6.45) is 4.65. The van der Waals surface area contributed by atoms with E-state index in [0.717, 1.165) is 16.8 Å². The highest BCUT2D eigenvalue weighted by molar-refractivity contribution is 9.10. The largest absolute Gasteiger partial charge is 0.352 e. The van der Waals surface area contributed by atoms with Crippen LogP contribution in [0.3, 0.4) is 0 Å². The molecule has 0 bridgehead atoms. The van der Waals surface area contributed by atoms with Gasteiger partial charge in [0.2, 0.25) is 0 Å². The Balaban J connectivity index is 2.24. The van der Waals surface area contributed by atoms with Crippen molar-refractivity contribution >= 4 is 33.5 Å². The van der Waals surface area contributed by atoms with Crippen LogP contribution in [0.2, 0.25) is 0 Å². The average Bonchev–Trinajstić information content (AvgIpc) is 2.44. The molecule has 3 nitrogen and oxygen atoms in total. The Labute approximate surface area is 103 Å². The van der Waals surface area contributed by atoms with E-state index in [1.807, 2.05) is 18.0 Å². The molecule has 0 amide bonds. The third kappa shape index (κ3) is 2.64. The molecular weight excluding hydrogens is 274 g/mol. The smallest absolute Gasteiger partial charge is 0.146 e. The van der Waals surface area contributed by atoms with Crippen molar-refractivity contribution in [2.45, 2.75) is 19.4 Å². The molecule has 0 saturated carbocycles. The zero-order valence-electron chi connectivity index (χ0n) is 8.69. The number of rotatable bonds is 1. The Morgan fingerprint density at radius 3 is 3.20 bits per heavy atom. The van der Waals surface area contributed by atoms with Gasteiger partial charge in [0, 0.05) is 24.5 Å². The molecule has 0 aliphatic carbocycles. The number of anilines is 1. The van der Waals surface area contributed by atoms with E-state index in [2.05, 4.69) is 37.7 Å². The maximum absolute atomic E-state index is 4.35. The summed E-state index contributed by atoms with van der Waals surface area (Å²) < 4.78 is 0.990. The molecule has 1 aliphatic rings. The lowest BCUT2D eigenvalue weighted by molar-refractivity contribution is 0.636. The van der Waals surface area contributed by atoms with E-state index in [4.69, 9.17) is 0 Å². The maximum Gasteiger partial charge on any atom is 0.146 e. The highest BCUT2D eigenvalue weighted by atomic mass is 79.9. The summed E-state index contributed by atoms with van der Waals surface area (Å²) in [7, 11) is 0. The molecule has 2 heterocycles. The van der Waals surface area contributed by atoms with Crippen LogP contribution in [0.1, 0.15) is 13.3 Å². The second-order valence-electron chi connectivity index (χ2n) is 3.64. The van der Waals surface area contributed by atoms with Gasteiger partial charge in [-0.3, -0.25) is 0 Å². The van der Waals surface area contributed by atoms with Crippen molar-refractivity contribution in [3.8, 4) is 0 Å². The third-order valence-electron chi connectivity index (χ3n) is 2.61. The van der Waals surface area contributed by atoms with Gasteiger partial charge >= 0.3 is 0 Å². The molecule has 1 atom stereocenters. The molecule has 2 rings (SSSR count). The normalized spacial score (nSPS) is 22.5. The Morgan fingerprint density at radius 1 is 1.53 bits per heavy atom. The van der Waals surface area contributed by atoms with Crippen molar-refractivity contribution in [1.82, 2.24) is 9.97 Å². The van der Waals surface area contributed by atoms with Crippen LogP contribution in [0, 0.1) is 0 Å². The van der Waals surface area contributed by atoms with Crippen molar-refractivity contribution in [1.29, 1.82) is 0 Å². The average molecular weight is 288 g/mol. The van der Waals surface area contributed by atoms with E-state index in [9.17, 15) is 0 Å². The highest BCUT2D eigenvalue weighted by Gasteiger charge is 2.20. The van der Waals surface area contributed by atoms with Gasteiger partial charge in [0.25, 0.3) is 0 Å². The number of halogens is 1. The van der Waals surface area contributed by atoms with Gasteiger partial charge in [-0.15, -0.1) is 0 Å². The zero-order valence-corrected chi connectivity index (χ0v) is 11.1. The topological polar surface area (TPSA) is 29.0 Å². The third-order valence-corrected chi connectivity index (χ3v) is 4.16. The number of nitrogens with zero attached hydrogens (tertiary/aromatic N) is 3. The molecule has 1 aromatic heterocycles. The second-order valence-corrected chi connectivity index (χ2v) is 5.72. The Hall–Kier alpha value is -0.290. The predicted molar refractivity (Wildman–Crippen MR) is 68.5 cm³/mol. The first kappa shape index (κ1) is 11.2. The SMILES string of the molecule is CC1CCSCCN1c1ncncc1Br. The van der Waals surface area contributed by atoms with Gasteiger partial charge < -0.3 is 4.90 Å². The van der Waals surface area contributed by atoms with Crippen LogP contribution in [0.25, 0.3) is 0 Å². The number of aromatic nitrogens is 2. The van der Waals surface area contributed by atoms with Crippen LogP contribution in [-0.2, 0) is 0 Å². The lowest BCUT2D eigenvalue weighted by Crippen LogP contribution is -2.34. The molecular formula is C10H14BrN3S. The molecule has 82 valence electrons. The Morgan fingerprint density at radius 2 is 2.40 bits per heavy atom. The van der Waals surface area contributed by atoms with Gasteiger partial charge in [0.15, 0.2) is 0 Å². The minimum atomic E-state index is 0.561. The zero-order chi connectivity index (χ0) is 10.7. The van der Waals surface area contributed by atoms with Gasteiger partial charge in [-0.1, -0.05) is 0 Å². The van der Waals surface area contributed by atoms with E-state index in [-0.39, 0.29) is 0 Å². The fourth-order valence-electron chi connectivity index (χ4n) is 1.73. The Bertz CT molecular complexity index is 334. The molecule has 0 aromatic carbocycles. The molecule has 15 heavy (non-hydrogen) atoms. The second kappa shape index (κ2) is 5.16. The minimum Gasteiger partial charge on any atom is -0.352 e. The van der Waals surface area contributed by atoms with Crippen molar-refractivity contribution in [3.05, 3.63) is 17.0 Å². The highest BCUT2D eigenvalue weighted by Crippen LogP contribution is 2.27. The summed E-state index contributed by atoms with van der Waals surface area (Å²) in [4.78, 5) is 10.7. The molecule has 5 heteroatoms. The fraction of sp³-hybridized carbons (Fsp3) is 0.600. The summed E-state index contributed by atoms with van der Waals surface area (Å²) in [6, 6.07) is 0.561. The van der Waals surface area contributed by atoms with Crippen molar-refractivity contribution < 1.29 is 0 Å². The summed E-state index contributed by atoms with van der Waals surface area (Å²) in [5.74, 6) is 3.46. The molecule has 1 aromatic rings. The lowest BCUT2D eigenvalue weighted by Gasteiger charge is -2.28. The van der Waals surface area contributed by atoms with Gasteiger partial charge in [-0.2, -0.15) is 11.8 Å². The van der Waals surface area contributed by atoms with Crippen LogP contribution in [0.4, 0.5) is 5.82 Å². The first-order valence-electron chi connectivity index (χ1n) is 5.09. The van der Waals surface area contributed by atoms with E-state index >= 15 is 0 Å². The molecule has 0 N–H and O–H groups in total. The van der Waals surface area contributed by atoms with Gasteiger partial charge in [0.1, 0.15) is 12.1 Å². The summed E-state index contributed by atoms with van der Waals surface area (Å²) in [6.45, 7) is 3.34. The first-order valence-corrected chi connectivity index (χ1v) is 7.03. The van der Waals surface area contributed by atoms with Crippen molar-refractivity contribution in [2.75, 3.05) is 23.0 Å². The predicted octanol–water partition coefficient (Wildman–Crippen LogP) is 2.57. The molecule has 1 unspecified atom stereocenters. The summed E-state index contributed by atoms with van der Waals surface area (Å²) in [5.41, 5.74) is 0. The van der Waals surface area contributed by atoms with E-state index < -0.39 is 0 Å². The monoisotopic (exact) mass is 287 g/mol. The number of hydrogen-bond acceptors (Lipinski definition) is 4. The molecule has 0 spiro atoms. The van der Waals surface area contributed by atoms with Crippen LogP contribution in [0.5, 0.6) is 0 Å². The quantitative estimate of drug-likeness (QED) is 0.794. The molecule has 1 aliphatic heterocycles. The van der Waals surface area contributed by atoms with Crippen molar-refractivity contribution in [2.24, 2.45) is 0 Å². The van der Waals surface area contributed by atoms with E-state index in [1.165, 1.54) is 17.9 Å². The lowest BCUT2D eigenvalue weighted by atomic mass is 10.2. The molecule has 1 saturated heterocycles. The number of hydrogen-bond donors (Lipinski definition) is 0. The van der Waals surface area contributed by atoms with Crippen molar-refractivity contribution in [3.63, 3.8) is 0 Å². The van der Waals surface area contributed by atoms with Crippen LogP contribution in [0.15, 0.2) is 17.0 Å². The van der Waals surface area contributed by atoms with E-state index in [0.29, 0.717) is 6.04 Å². The molecule has 0 radical (unpaired) electrons. The van der Waals surface area contributed by atoms with Crippen LogP contribution < -0.4 is 4.90 Å². The summed E-state index contributed by atoms with van der Waals surface area (Å²) in [5, 5.41) is 0. The minimum absolute atomic E-state index is 0.561. The number of thioether (sulfide) groups is 1. The molecule has 1 fully saturated rings. The van der Waals surface area contributed by atoms with Crippen LogP contribution >= 0.6 is 27.7 Å². The Kier molecular flexibility index (Phi) is 3.86. The fourth-order valence-corrected chi connectivity index (χ4v) is 3.21. The van der Waals surface area contributed by atoms with Crippen LogP contribution in [-0.4, -0.2) is 34.1 Å². The van der Waals surface area contributed by atoms with Gasteiger partial charge in [-0.05, 0) is 35.0 Å². The van der Waals surface area contributed by atoms with Gasteiger partial charge in [0.05, 0.1) is 4.47 Å². The van der Waals surface area contributed by atoms with Gasteiger partial charge in [-0.25, -0.2) is 9.97 Å². The standard InChI is InChI=1S/C10H14BrN3S/c1-8-2-4-15-5-3-14(8)10-9(11)6-12-7-13-10/h6-8H,2-5H2,1H3. The van der Waals surface area contributed by atoms with E-state index in [1.54, 1.807) is 6.33 Å². The first-order chi connectivity index (χ1) is 7.29. The summed E-state index contributed by atoms with van der Waals surface area (Å²) >= 11 is 5.53. The maximum atomic E-state index is 4.35.